The van der Waals surface area contributed by atoms with Gasteiger partial charge in [-0.25, -0.2) is 12.8 Å². The Morgan fingerprint density at radius 3 is 2.40 bits per heavy atom. The Hall–Kier alpha value is -0.850. The van der Waals surface area contributed by atoms with Gasteiger partial charge < -0.3 is 4.90 Å². The number of hydrogen-bond donors (Lipinski definition) is 0. The molecule has 8 heteroatoms. The highest BCUT2D eigenvalue weighted by atomic mass is 35.7. The first-order chi connectivity index (χ1) is 9.04. The van der Waals surface area contributed by atoms with Gasteiger partial charge in [0.1, 0.15) is 10.7 Å². The number of amides is 1. The van der Waals surface area contributed by atoms with Gasteiger partial charge in [-0.05, 0) is 18.1 Å². The molecule has 4 nitrogen and oxygen atoms in total. The summed E-state index contributed by atoms with van der Waals surface area (Å²) in [7, 11) is 2.39. The monoisotopic (exact) mass is 341 g/mol. The molecule has 0 aliphatic rings. The normalized spacial score (nSPS) is 11.8. The Labute approximate surface area is 126 Å². The molecular weight excluding hydrogens is 328 g/mol. The van der Waals surface area contributed by atoms with E-state index in [1.165, 1.54) is 4.90 Å². The van der Waals surface area contributed by atoms with E-state index in [1.807, 2.05) is 13.8 Å². The van der Waals surface area contributed by atoms with Crippen LogP contribution in [0.25, 0.3) is 0 Å². The van der Waals surface area contributed by atoms with Crippen LogP contribution in [0.3, 0.4) is 0 Å². The van der Waals surface area contributed by atoms with Gasteiger partial charge in [0.25, 0.3) is 15.0 Å². The Morgan fingerprint density at radius 1 is 1.40 bits per heavy atom. The van der Waals surface area contributed by atoms with E-state index in [2.05, 4.69) is 0 Å². The molecule has 1 rings (SSSR count). The molecule has 1 amide bonds. The minimum absolute atomic E-state index is 0.101. The molecule has 1 aromatic rings. The smallest absolute Gasteiger partial charge is 0.264 e. The van der Waals surface area contributed by atoms with Crippen molar-refractivity contribution < 1.29 is 17.6 Å². The lowest BCUT2D eigenvalue weighted by molar-refractivity contribution is 0.0779. The summed E-state index contributed by atoms with van der Waals surface area (Å²) in [4.78, 5) is 12.8. The highest BCUT2D eigenvalue weighted by Gasteiger charge is 2.23. The molecule has 0 N–H and O–H groups in total. The molecule has 0 aliphatic carbocycles. The SMILES string of the molecule is CC(C)CN(C)C(=O)c1cc(S(=O)(=O)Cl)c(F)cc1Cl. The first kappa shape index (κ1) is 17.2. The number of nitrogens with zero attached hydrogens (tertiary/aromatic N) is 1. The number of rotatable bonds is 4. The number of carbonyl (C=O) groups is 1. The lowest BCUT2D eigenvalue weighted by Gasteiger charge is -2.20. The molecule has 20 heavy (non-hydrogen) atoms. The van der Waals surface area contributed by atoms with Crippen molar-refractivity contribution in [1.82, 2.24) is 4.90 Å². The van der Waals surface area contributed by atoms with Gasteiger partial charge in [0, 0.05) is 24.3 Å². The predicted octanol–water partition coefficient (Wildman–Crippen LogP) is 3.13. The third-order valence-electron chi connectivity index (χ3n) is 2.50. The minimum atomic E-state index is -4.29. The van der Waals surface area contributed by atoms with Crippen LogP contribution < -0.4 is 0 Å². The summed E-state index contributed by atoms with van der Waals surface area (Å²) in [5.74, 6) is -1.36. The molecule has 0 fully saturated rings. The van der Waals surface area contributed by atoms with Crippen LogP contribution in [0.5, 0.6) is 0 Å². The summed E-state index contributed by atoms with van der Waals surface area (Å²) >= 11 is 5.80. The standard InChI is InChI=1S/C12H14Cl2FNO3S/c1-7(2)6-16(3)12(17)8-4-11(20(14,18)19)10(15)5-9(8)13/h4-5,7H,6H2,1-3H3. The molecule has 0 radical (unpaired) electrons. The first-order valence-electron chi connectivity index (χ1n) is 5.73. The number of benzene rings is 1. The van der Waals surface area contributed by atoms with Gasteiger partial charge >= 0.3 is 0 Å². The summed E-state index contributed by atoms with van der Waals surface area (Å²) < 4.78 is 36.0. The molecule has 0 saturated heterocycles. The molecule has 0 saturated carbocycles. The molecule has 0 spiro atoms. The average Bonchev–Trinajstić information content (AvgIpc) is 2.25. The Morgan fingerprint density at radius 2 is 1.95 bits per heavy atom. The summed E-state index contributed by atoms with van der Waals surface area (Å²) in [6.45, 7) is 4.30. The van der Waals surface area contributed by atoms with Crippen LogP contribution >= 0.6 is 22.3 Å². The topological polar surface area (TPSA) is 54.5 Å². The molecule has 0 aliphatic heterocycles. The summed E-state index contributed by atoms with van der Waals surface area (Å²) in [5, 5.41) is -0.160. The van der Waals surface area contributed by atoms with Crippen molar-refractivity contribution in [2.45, 2.75) is 18.7 Å². The second-order valence-corrected chi connectivity index (χ2v) is 7.72. The van der Waals surface area contributed by atoms with Crippen LogP contribution in [-0.4, -0.2) is 32.8 Å². The lowest BCUT2D eigenvalue weighted by atomic mass is 10.1. The van der Waals surface area contributed by atoms with Crippen molar-refractivity contribution in [3.8, 4) is 0 Å². The van der Waals surface area contributed by atoms with Crippen molar-refractivity contribution in [3.05, 3.63) is 28.5 Å². The fourth-order valence-corrected chi connectivity index (χ4v) is 2.85. The van der Waals surface area contributed by atoms with Crippen molar-refractivity contribution >= 4 is 37.2 Å². The number of carbonyl (C=O) groups excluding carboxylic acids is 1. The average molecular weight is 342 g/mol. The maximum absolute atomic E-state index is 13.5. The molecule has 0 bridgehead atoms. The highest BCUT2D eigenvalue weighted by molar-refractivity contribution is 8.13. The van der Waals surface area contributed by atoms with Gasteiger partial charge in [-0.2, -0.15) is 0 Å². The molecule has 0 aromatic heterocycles. The zero-order valence-electron chi connectivity index (χ0n) is 11.2. The third kappa shape index (κ3) is 4.07. The highest BCUT2D eigenvalue weighted by Crippen LogP contribution is 2.27. The van der Waals surface area contributed by atoms with E-state index in [0.29, 0.717) is 6.54 Å². The van der Waals surface area contributed by atoms with Crippen molar-refractivity contribution in [2.75, 3.05) is 13.6 Å². The van der Waals surface area contributed by atoms with Gasteiger partial charge in [-0.1, -0.05) is 25.4 Å². The predicted molar refractivity (Wildman–Crippen MR) is 76.2 cm³/mol. The first-order valence-corrected chi connectivity index (χ1v) is 8.42. The summed E-state index contributed by atoms with van der Waals surface area (Å²) in [6, 6.07) is 1.63. The number of halogens is 3. The van der Waals surface area contributed by atoms with E-state index in [-0.39, 0.29) is 16.5 Å². The maximum atomic E-state index is 13.5. The van der Waals surface area contributed by atoms with E-state index < -0.39 is 25.7 Å². The van der Waals surface area contributed by atoms with E-state index in [1.54, 1.807) is 7.05 Å². The Bertz CT molecular complexity index is 632. The van der Waals surface area contributed by atoms with Crippen LogP contribution in [0.1, 0.15) is 24.2 Å². The van der Waals surface area contributed by atoms with E-state index in [9.17, 15) is 17.6 Å². The molecule has 0 heterocycles. The third-order valence-corrected chi connectivity index (χ3v) is 4.15. The van der Waals surface area contributed by atoms with Gasteiger partial charge in [0.15, 0.2) is 0 Å². The zero-order valence-corrected chi connectivity index (χ0v) is 13.5. The Balaban J connectivity index is 3.29. The fourth-order valence-electron chi connectivity index (χ4n) is 1.72. The van der Waals surface area contributed by atoms with E-state index in [4.69, 9.17) is 22.3 Å². The van der Waals surface area contributed by atoms with Gasteiger partial charge in [0.05, 0.1) is 10.6 Å². The van der Waals surface area contributed by atoms with Gasteiger partial charge in [0.2, 0.25) is 0 Å². The fraction of sp³-hybridized carbons (Fsp3) is 0.417. The van der Waals surface area contributed by atoms with E-state index >= 15 is 0 Å². The molecule has 0 unspecified atom stereocenters. The lowest BCUT2D eigenvalue weighted by Crippen LogP contribution is -2.30. The van der Waals surface area contributed by atoms with E-state index in [0.717, 1.165) is 12.1 Å². The maximum Gasteiger partial charge on any atom is 0.264 e. The summed E-state index contributed by atoms with van der Waals surface area (Å²) in [6.07, 6.45) is 0. The largest absolute Gasteiger partial charge is 0.341 e. The molecule has 112 valence electrons. The number of hydrogen-bond acceptors (Lipinski definition) is 3. The quantitative estimate of drug-likeness (QED) is 0.790. The molecule has 1 aromatic carbocycles. The molecular formula is C12H14Cl2FNO3S. The van der Waals surface area contributed by atoms with Crippen molar-refractivity contribution in [3.63, 3.8) is 0 Å². The summed E-state index contributed by atoms with van der Waals surface area (Å²) in [5.41, 5.74) is -0.101. The van der Waals surface area contributed by atoms with Gasteiger partial charge in [-0.3, -0.25) is 4.79 Å². The van der Waals surface area contributed by atoms with Gasteiger partial charge in [-0.15, -0.1) is 0 Å². The second-order valence-electron chi connectivity index (χ2n) is 4.78. The van der Waals surface area contributed by atoms with Crippen LogP contribution in [0.4, 0.5) is 4.39 Å². The zero-order chi connectivity index (χ0) is 15.7. The van der Waals surface area contributed by atoms with Crippen LogP contribution in [0.15, 0.2) is 17.0 Å². The van der Waals surface area contributed by atoms with Crippen LogP contribution in [-0.2, 0) is 9.05 Å². The second kappa shape index (κ2) is 6.28. The van der Waals surface area contributed by atoms with Crippen molar-refractivity contribution in [2.24, 2.45) is 5.92 Å². The molecule has 0 atom stereocenters. The minimum Gasteiger partial charge on any atom is -0.341 e. The van der Waals surface area contributed by atoms with Crippen molar-refractivity contribution in [1.29, 1.82) is 0 Å². The van der Waals surface area contributed by atoms with Crippen LogP contribution in [0, 0.1) is 11.7 Å². The van der Waals surface area contributed by atoms with Crippen LogP contribution in [0.2, 0.25) is 5.02 Å². The Kier molecular flexibility index (Phi) is 5.40.